The number of ether oxygens (including phenoxy) is 2. The molecule has 3 N–H and O–H groups in total. The number of rotatable bonds is 13. The average Bonchev–Trinajstić information content (AvgIpc) is 3.41. The molecule has 0 radical (unpaired) electrons. The van der Waals surface area contributed by atoms with Crippen molar-refractivity contribution in [2.24, 2.45) is 4.99 Å². The monoisotopic (exact) mass is 605 g/mol. The van der Waals surface area contributed by atoms with Crippen molar-refractivity contribution in [3.63, 3.8) is 0 Å². The van der Waals surface area contributed by atoms with E-state index in [1.54, 1.807) is 60.7 Å². The van der Waals surface area contributed by atoms with Gasteiger partial charge in [-0.1, -0.05) is 47.5 Å². The Labute approximate surface area is 243 Å². The molecule has 3 aromatic carbocycles. The Bertz CT molecular complexity index is 1450. The fourth-order valence-electron chi connectivity index (χ4n) is 3.94. The van der Waals surface area contributed by atoms with Gasteiger partial charge in [-0.2, -0.15) is 0 Å². The van der Waals surface area contributed by atoms with E-state index < -0.39 is 21.3 Å². The minimum Gasteiger partial charge on any atom is -0.494 e. The summed E-state index contributed by atoms with van der Waals surface area (Å²) in [4.78, 5) is 18.2. The molecule has 40 heavy (non-hydrogen) atoms. The largest absolute Gasteiger partial charge is 0.494 e. The number of nitrogens with zero attached hydrogens (tertiary/aromatic N) is 1. The summed E-state index contributed by atoms with van der Waals surface area (Å²) >= 11 is 12.0. The number of aliphatic hydroxyl groups excluding tert-OH is 1. The van der Waals surface area contributed by atoms with Gasteiger partial charge in [-0.05, 0) is 60.5 Å². The molecule has 0 unspecified atom stereocenters. The lowest BCUT2D eigenvalue weighted by Gasteiger charge is -2.23. The van der Waals surface area contributed by atoms with Crippen molar-refractivity contribution in [3.8, 4) is 5.75 Å². The third-order valence-electron chi connectivity index (χ3n) is 6.22. The third kappa shape index (κ3) is 7.52. The summed E-state index contributed by atoms with van der Waals surface area (Å²) in [7, 11) is -3.68. The van der Waals surface area contributed by atoms with Crippen molar-refractivity contribution >= 4 is 44.8 Å². The Morgan fingerprint density at radius 3 is 2.50 bits per heavy atom. The molecule has 1 atom stereocenters. The van der Waals surface area contributed by atoms with E-state index in [1.807, 2.05) is 0 Å². The van der Waals surface area contributed by atoms with E-state index in [1.165, 1.54) is 12.1 Å². The number of benzene rings is 3. The smallest absolute Gasteiger partial charge is 0.265 e. The summed E-state index contributed by atoms with van der Waals surface area (Å²) < 4.78 is 37.4. The summed E-state index contributed by atoms with van der Waals surface area (Å²) in [5, 5.41) is 9.73. The first-order valence-corrected chi connectivity index (χ1v) is 14.9. The van der Waals surface area contributed by atoms with Gasteiger partial charge in [0.1, 0.15) is 12.4 Å². The molecule has 1 aliphatic heterocycles. The zero-order valence-electron chi connectivity index (χ0n) is 21.5. The minimum absolute atomic E-state index is 0.0369. The summed E-state index contributed by atoms with van der Waals surface area (Å²) in [6.45, 7) is 0.523. The van der Waals surface area contributed by atoms with Crippen LogP contribution in [0.25, 0.3) is 0 Å². The number of sulfone groups is 1. The summed E-state index contributed by atoms with van der Waals surface area (Å²) in [6, 6.07) is 20.1. The maximum absolute atomic E-state index is 13.5. The first-order valence-electron chi connectivity index (χ1n) is 12.5. The second-order valence-corrected chi connectivity index (χ2v) is 12.0. The van der Waals surface area contributed by atoms with Crippen molar-refractivity contribution in [1.29, 1.82) is 0 Å². The van der Waals surface area contributed by atoms with Gasteiger partial charge in [0, 0.05) is 25.1 Å². The molecule has 4 rings (SSSR count). The zero-order valence-corrected chi connectivity index (χ0v) is 23.8. The van der Waals surface area contributed by atoms with E-state index in [-0.39, 0.29) is 42.7 Å². The Kier molecular flexibility index (Phi) is 10.0. The number of halogens is 2. The summed E-state index contributed by atoms with van der Waals surface area (Å²) in [6.07, 6.45) is 0.413. The van der Waals surface area contributed by atoms with Gasteiger partial charge in [0.25, 0.3) is 5.91 Å². The molecule has 0 spiro atoms. The lowest BCUT2D eigenvalue weighted by Crippen LogP contribution is -2.52. The topological polar surface area (TPSA) is 126 Å². The van der Waals surface area contributed by atoms with Crippen molar-refractivity contribution in [1.82, 2.24) is 10.9 Å². The Morgan fingerprint density at radius 2 is 1.80 bits per heavy atom. The predicted molar refractivity (Wildman–Crippen MR) is 153 cm³/mol. The van der Waals surface area contributed by atoms with E-state index in [4.69, 9.17) is 37.8 Å². The van der Waals surface area contributed by atoms with Crippen molar-refractivity contribution in [2.75, 3.05) is 25.6 Å². The van der Waals surface area contributed by atoms with E-state index in [0.29, 0.717) is 34.4 Å². The van der Waals surface area contributed by atoms with E-state index in [2.05, 4.69) is 15.8 Å². The molecule has 0 saturated carbocycles. The molecule has 9 nitrogen and oxygen atoms in total. The van der Waals surface area contributed by atoms with Gasteiger partial charge in [-0.15, -0.1) is 0 Å². The van der Waals surface area contributed by atoms with Gasteiger partial charge in [0.05, 0.1) is 27.3 Å². The molecule has 0 aliphatic carbocycles. The van der Waals surface area contributed by atoms with Crippen LogP contribution in [0.1, 0.15) is 24.0 Å². The number of hydrazine groups is 1. The van der Waals surface area contributed by atoms with E-state index >= 15 is 0 Å². The molecule has 1 amide bonds. The second kappa shape index (κ2) is 13.5. The summed E-state index contributed by atoms with van der Waals surface area (Å²) in [5.74, 6) is -0.0108. The molecule has 0 bridgehead atoms. The Balaban J connectivity index is 1.52. The predicted octanol–water partition coefficient (Wildman–Crippen LogP) is 3.96. The third-order valence-corrected chi connectivity index (χ3v) is 8.69. The van der Waals surface area contributed by atoms with Gasteiger partial charge in [0.2, 0.25) is 5.90 Å². The lowest BCUT2D eigenvalue weighted by atomic mass is 9.98. The van der Waals surface area contributed by atoms with Gasteiger partial charge < -0.3 is 14.6 Å². The van der Waals surface area contributed by atoms with Crippen LogP contribution in [0.5, 0.6) is 5.75 Å². The van der Waals surface area contributed by atoms with Crippen molar-refractivity contribution < 1.29 is 27.8 Å². The SMILES string of the molecule is O=C(NNCc1ccc(Cl)c(Cl)c1)[C@]1(CCS(=O)(=O)c2ccccc2)COC(c2ccc(OCCCO)cc2)=N1. The highest BCUT2D eigenvalue weighted by molar-refractivity contribution is 7.91. The minimum atomic E-state index is -3.68. The van der Waals surface area contributed by atoms with Crippen LogP contribution in [-0.4, -0.2) is 56.4 Å². The number of carbonyl (C=O) groups is 1. The van der Waals surface area contributed by atoms with E-state index in [0.717, 1.165) is 5.56 Å². The zero-order chi connectivity index (χ0) is 28.6. The van der Waals surface area contributed by atoms with Crippen LogP contribution in [0.15, 0.2) is 82.7 Å². The van der Waals surface area contributed by atoms with Gasteiger partial charge >= 0.3 is 0 Å². The molecule has 0 fully saturated rings. The fraction of sp³-hybridized carbons (Fsp3) is 0.286. The fourth-order valence-corrected chi connectivity index (χ4v) is 5.68. The lowest BCUT2D eigenvalue weighted by molar-refractivity contribution is -0.127. The number of carbonyl (C=O) groups excluding carboxylic acids is 1. The Morgan fingerprint density at radius 1 is 1.05 bits per heavy atom. The highest BCUT2D eigenvalue weighted by atomic mass is 35.5. The van der Waals surface area contributed by atoms with Gasteiger partial charge in [-0.3, -0.25) is 10.2 Å². The molecular weight excluding hydrogens is 577 g/mol. The number of hydrogen-bond acceptors (Lipinski definition) is 8. The Hall–Kier alpha value is -3.15. The second-order valence-electron chi connectivity index (χ2n) is 9.13. The molecule has 0 saturated heterocycles. The van der Waals surface area contributed by atoms with E-state index in [9.17, 15) is 13.2 Å². The van der Waals surface area contributed by atoms with Crippen LogP contribution >= 0.6 is 23.2 Å². The number of aliphatic imine (C=N–C) groups is 1. The molecule has 12 heteroatoms. The van der Waals surface area contributed by atoms with Crippen LogP contribution in [0.4, 0.5) is 0 Å². The van der Waals surface area contributed by atoms with Crippen molar-refractivity contribution in [2.45, 2.75) is 29.8 Å². The number of aliphatic hydroxyl groups is 1. The quantitative estimate of drug-likeness (QED) is 0.199. The molecule has 0 aromatic heterocycles. The van der Waals surface area contributed by atoms with Crippen LogP contribution < -0.4 is 15.6 Å². The first kappa shape index (κ1) is 29.8. The maximum Gasteiger partial charge on any atom is 0.265 e. The molecule has 212 valence electrons. The first-order chi connectivity index (χ1) is 19.2. The van der Waals surface area contributed by atoms with Crippen LogP contribution in [0.2, 0.25) is 10.0 Å². The molecular formula is C28H29Cl2N3O6S. The molecule has 1 heterocycles. The van der Waals surface area contributed by atoms with Gasteiger partial charge in [-0.25, -0.2) is 18.8 Å². The molecule has 3 aromatic rings. The van der Waals surface area contributed by atoms with Crippen molar-refractivity contribution in [3.05, 3.63) is 94.0 Å². The van der Waals surface area contributed by atoms with Crippen LogP contribution in [-0.2, 0) is 25.9 Å². The van der Waals surface area contributed by atoms with Crippen LogP contribution in [0.3, 0.4) is 0 Å². The number of nitrogens with one attached hydrogen (secondary N) is 2. The van der Waals surface area contributed by atoms with Gasteiger partial charge in [0.15, 0.2) is 15.4 Å². The average molecular weight is 607 g/mol. The highest BCUT2D eigenvalue weighted by Crippen LogP contribution is 2.29. The maximum atomic E-state index is 13.5. The number of hydrogen-bond donors (Lipinski definition) is 3. The van der Waals surface area contributed by atoms with Crippen LogP contribution in [0, 0.1) is 0 Å². The summed E-state index contributed by atoms with van der Waals surface area (Å²) in [5.41, 5.74) is 5.40. The number of amides is 1. The normalized spacial score (nSPS) is 16.7. The standard InChI is InChI=1S/C28H29Cl2N3O6S/c29-24-12-7-20(17-25(24)30)18-31-33-27(35)28(13-16-40(36,37)23-5-2-1-3-6-23)19-39-26(32-28)21-8-10-22(11-9-21)38-15-4-14-34/h1-3,5-12,17,31,34H,4,13-16,18-19H2,(H,33,35)/t28-/m0/s1. The highest BCUT2D eigenvalue weighted by Gasteiger charge is 2.45. The molecule has 1 aliphatic rings.